The minimum absolute atomic E-state index is 0.144. The van der Waals surface area contributed by atoms with Crippen LogP contribution in [0.15, 0.2) is 54.3 Å². The van der Waals surface area contributed by atoms with E-state index in [-0.39, 0.29) is 11.5 Å². The fourth-order valence-corrected chi connectivity index (χ4v) is 4.43. The van der Waals surface area contributed by atoms with Crippen molar-refractivity contribution in [2.45, 2.75) is 26.9 Å². The largest absolute Gasteiger partial charge is 0.497 e. The minimum Gasteiger partial charge on any atom is -0.497 e. The lowest BCUT2D eigenvalue weighted by Gasteiger charge is -2.30. The molecule has 0 aliphatic carbocycles. The lowest BCUT2D eigenvalue weighted by Crippen LogP contribution is -2.32. The first-order valence-electron chi connectivity index (χ1n) is 11.2. The second-order valence-corrected chi connectivity index (χ2v) is 8.66. The second-order valence-electron chi connectivity index (χ2n) is 8.66. The molecule has 0 spiro atoms. The Morgan fingerprint density at radius 1 is 1.00 bits per heavy atom. The van der Waals surface area contributed by atoms with Crippen molar-refractivity contribution in [2.75, 3.05) is 21.0 Å². The number of carbonyl (C=O) groups is 1. The zero-order chi connectivity index (χ0) is 23.8. The number of carbonyl (C=O) groups excluding carboxylic acids is 1. The second kappa shape index (κ2) is 8.88. The highest BCUT2D eigenvalue weighted by atomic mass is 16.5. The Bertz CT molecular complexity index is 1290. The van der Waals surface area contributed by atoms with Crippen LogP contribution < -0.4 is 18.9 Å². The highest BCUT2D eigenvalue weighted by Crippen LogP contribution is 2.43. The third-order valence-electron chi connectivity index (χ3n) is 6.26. The summed E-state index contributed by atoms with van der Waals surface area (Å²) in [6, 6.07) is 15.9. The summed E-state index contributed by atoms with van der Waals surface area (Å²) < 4.78 is 22.9. The molecule has 0 N–H and O–H groups in total. The molecule has 3 aromatic carbocycles. The molecule has 0 saturated heterocycles. The number of hydrogen-bond donors (Lipinski definition) is 0. The van der Waals surface area contributed by atoms with Gasteiger partial charge in [0.15, 0.2) is 5.76 Å². The first-order valence-corrected chi connectivity index (χ1v) is 11.2. The number of Topliss-reactive ketones (excluding diaryl/α,β-unsaturated/α-hetero) is 1. The molecule has 2 aliphatic heterocycles. The molecule has 2 aliphatic rings. The van der Waals surface area contributed by atoms with E-state index in [1.54, 1.807) is 26.4 Å². The van der Waals surface area contributed by atoms with Crippen molar-refractivity contribution in [2.24, 2.45) is 0 Å². The molecule has 0 atom stereocenters. The van der Waals surface area contributed by atoms with E-state index in [2.05, 4.69) is 36.1 Å². The summed E-state index contributed by atoms with van der Waals surface area (Å²) in [5.74, 6) is 2.77. The van der Waals surface area contributed by atoms with Gasteiger partial charge >= 0.3 is 0 Å². The molecule has 5 rings (SSSR count). The summed E-state index contributed by atoms with van der Waals surface area (Å²) in [5, 5.41) is 0. The summed E-state index contributed by atoms with van der Waals surface area (Å²) in [7, 11) is 3.18. The molecule has 6 nitrogen and oxygen atoms in total. The van der Waals surface area contributed by atoms with Crippen LogP contribution in [0.2, 0.25) is 0 Å². The van der Waals surface area contributed by atoms with Gasteiger partial charge in [0.25, 0.3) is 0 Å². The van der Waals surface area contributed by atoms with E-state index in [1.807, 2.05) is 25.1 Å². The van der Waals surface area contributed by atoms with Crippen molar-refractivity contribution in [3.05, 3.63) is 87.7 Å². The van der Waals surface area contributed by atoms with Crippen LogP contribution in [0.4, 0.5) is 0 Å². The fourth-order valence-electron chi connectivity index (χ4n) is 4.43. The SMILES string of the molecule is COc1ccc(/C=C2\Oc3c(cc4c(c3C)OCN(Cc3ccc(C)cc3)C4)C2=O)c(OC)c1. The Kier molecular flexibility index (Phi) is 5.75. The summed E-state index contributed by atoms with van der Waals surface area (Å²) >= 11 is 0. The van der Waals surface area contributed by atoms with Crippen LogP contribution in [0.1, 0.15) is 38.2 Å². The van der Waals surface area contributed by atoms with Crippen molar-refractivity contribution >= 4 is 11.9 Å². The molecule has 6 heteroatoms. The standard InChI is InChI=1S/C28H27NO5/c1-17-5-7-19(8-6-17)14-29-15-21-11-23-26(30)25(34-28(23)18(2)27(21)33-16-29)12-20-9-10-22(31-3)13-24(20)32-4/h5-13H,14-16H2,1-4H3/b25-12-. The highest BCUT2D eigenvalue weighted by Gasteiger charge is 2.33. The first kappa shape index (κ1) is 22.0. The maximum Gasteiger partial charge on any atom is 0.231 e. The van der Waals surface area contributed by atoms with Gasteiger partial charge in [-0.25, -0.2) is 0 Å². The topological polar surface area (TPSA) is 57.2 Å². The number of fused-ring (bicyclic) bond motifs is 2. The van der Waals surface area contributed by atoms with Crippen molar-refractivity contribution in [1.82, 2.24) is 4.90 Å². The molecular weight excluding hydrogens is 430 g/mol. The quantitative estimate of drug-likeness (QED) is 0.486. The third-order valence-corrected chi connectivity index (χ3v) is 6.26. The molecule has 0 amide bonds. The van der Waals surface area contributed by atoms with Crippen LogP contribution in [0.25, 0.3) is 6.08 Å². The van der Waals surface area contributed by atoms with Gasteiger partial charge in [0.1, 0.15) is 29.7 Å². The molecule has 34 heavy (non-hydrogen) atoms. The van der Waals surface area contributed by atoms with E-state index < -0.39 is 0 Å². The zero-order valence-electron chi connectivity index (χ0n) is 19.8. The van der Waals surface area contributed by atoms with Crippen molar-refractivity contribution in [1.29, 1.82) is 0 Å². The third kappa shape index (κ3) is 4.01. The van der Waals surface area contributed by atoms with E-state index >= 15 is 0 Å². The predicted octanol–water partition coefficient (Wildman–Crippen LogP) is 5.29. The molecular formula is C28H27NO5. The monoisotopic (exact) mass is 457 g/mol. The summed E-state index contributed by atoms with van der Waals surface area (Å²) in [5.41, 5.74) is 5.62. The first-order chi connectivity index (χ1) is 16.5. The van der Waals surface area contributed by atoms with E-state index in [9.17, 15) is 4.79 Å². The Hall–Kier alpha value is -3.77. The highest BCUT2D eigenvalue weighted by molar-refractivity contribution is 6.15. The van der Waals surface area contributed by atoms with E-state index in [4.69, 9.17) is 18.9 Å². The number of rotatable bonds is 5. The molecule has 0 bridgehead atoms. The normalized spacial score (nSPS) is 16.0. The van der Waals surface area contributed by atoms with Gasteiger partial charge in [-0.05, 0) is 43.7 Å². The predicted molar refractivity (Wildman–Crippen MR) is 130 cm³/mol. The summed E-state index contributed by atoms with van der Waals surface area (Å²) in [6.45, 7) is 6.00. The molecule has 0 aromatic heterocycles. The van der Waals surface area contributed by atoms with Gasteiger partial charge < -0.3 is 18.9 Å². The molecule has 2 heterocycles. The Balaban J connectivity index is 1.42. The molecule has 174 valence electrons. The van der Waals surface area contributed by atoms with E-state index in [1.165, 1.54) is 11.1 Å². The van der Waals surface area contributed by atoms with Crippen LogP contribution in [-0.2, 0) is 13.1 Å². The number of methoxy groups -OCH3 is 2. The van der Waals surface area contributed by atoms with Crippen LogP contribution in [0, 0.1) is 13.8 Å². The van der Waals surface area contributed by atoms with Gasteiger partial charge in [-0.3, -0.25) is 9.69 Å². The Morgan fingerprint density at radius 3 is 2.53 bits per heavy atom. The molecule has 3 aromatic rings. The molecule has 0 fully saturated rings. The Labute approximate surface area is 199 Å². The fraction of sp³-hybridized carbons (Fsp3) is 0.250. The number of allylic oxidation sites excluding steroid dienone is 1. The number of nitrogens with zero attached hydrogens (tertiary/aromatic N) is 1. The minimum atomic E-state index is -0.144. The lowest BCUT2D eigenvalue weighted by molar-refractivity contribution is 0.0876. The number of aryl methyl sites for hydroxylation is 1. The summed E-state index contributed by atoms with van der Waals surface area (Å²) in [6.07, 6.45) is 1.71. The number of ketones is 1. The van der Waals surface area contributed by atoms with Gasteiger partial charge in [-0.15, -0.1) is 0 Å². The van der Waals surface area contributed by atoms with Crippen LogP contribution in [0.5, 0.6) is 23.0 Å². The van der Waals surface area contributed by atoms with Gasteiger partial charge in [0.2, 0.25) is 5.78 Å². The van der Waals surface area contributed by atoms with E-state index in [0.717, 1.165) is 29.0 Å². The molecule has 0 unspecified atom stereocenters. The maximum atomic E-state index is 13.3. The Morgan fingerprint density at radius 2 is 1.79 bits per heavy atom. The van der Waals surface area contributed by atoms with Crippen molar-refractivity contribution in [3.63, 3.8) is 0 Å². The van der Waals surface area contributed by atoms with Crippen LogP contribution >= 0.6 is 0 Å². The van der Waals surface area contributed by atoms with Gasteiger partial charge in [0.05, 0.1) is 19.8 Å². The average Bonchev–Trinajstić information content (AvgIpc) is 3.16. The lowest BCUT2D eigenvalue weighted by atomic mass is 9.99. The summed E-state index contributed by atoms with van der Waals surface area (Å²) in [4.78, 5) is 15.5. The number of ether oxygens (including phenoxy) is 4. The van der Waals surface area contributed by atoms with Gasteiger partial charge in [-0.2, -0.15) is 0 Å². The van der Waals surface area contributed by atoms with Crippen molar-refractivity contribution < 1.29 is 23.7 Å². The average molecular weight is 458 g/mol. The van der Waals surface area contributed by atoms with Crippen LogP contribution in [0.3, 0.4) is 0 Å². The van der Waals surface area contributed by atoms with Gasteiger partial charge in [-0.1, -0.05) is 29.8 Å². The van der Waals surface area contributed by atoms with Gasteiger partial charge in [0, 0.05) is 35.8 Å². The molecule has 0 radical (unpaired) electrons. The van der Waals surface area contributed by atoms with Crippen LogP contribution in [-0.4, -0.2) is 31.6 Å². The molecule has 0 saturated carbocycles. The van der Waals surface area contributed by atoms with Crippen molar-refractivity contribution in [3.8, 4) is 23.0 Å². The maximum absolute atomic E-state index is 13.3. The number of hydrogen-bond acceptors (Lipinski definition) is 6. The smallest absolute Gasteiger partial charge is 0.231 e. The zero-order valence-corrected chi connectivity index (χ0v) is 19.8. The number of benzene rings is 3. The van der Waals surface area contributed by atoms with E-state index in [0.29, 0.717) is 36.1 Å².